The Kier molecular flexibility index (Phi) is 5.86. The number of carbonyl (C=O) groups excluding carboxylic acids is 1. The Morgan fingerprint density at radius 2 is 1.76 bits per heavy atom. The molecule has 3 rings (SSSR count). The molecule has 3 aromatic rings. The van der Waals surface area contributed by atoms with Crippen molar-refractivity contribution in [2.75, 3.05) is 5.32 Å². The Morgan fingerprint density at radius 3 is 2.38 bits per heavy atom. The zero-order valence-electron chi connectivity index (χ0n) is 15.5. The van der Waals surface area contributed by atoms with Gasteiger partial charge in [-0.3, -0.25) is 9.59 Å². The maximum Gasteiger partial charge on any atom is 0.573 e. The average Bonchev–Trinajstić information content (AvgIpc) is 2.68. The van der Waals surface area contributed by atoms with Gasteiger partial charge in [0.1, 0.15) is 5.75 Å². The average molecular weight is 405 g/mol. The van der Waals surface area contributed by atoms with E-state index in [9.17, 15) is 22.8 Å². The Morgan fingerprint density at radius 1 is 1.10 bits per heavy atom. The maximum atomic E-state index is 12.8. The molecular formula is C20H18F3N3O3. The largest absolute Gasteiger partial charge is 0.573 e. The Bertz CT molecular complexity index is 1080. The molecule has 152 valence electrons. The van der Waals surface area contributed by atoms with Gasteiger partial charge in [-0.25, -0.2) is 4.68 Å². The first-order chi connectivity index (χ1) is 13.8. The molecule has 2 aromatic carbocycles. The molecule has 0 atom stereocenters. The van der Waals surface area contributed by atoms with Crippen LogP contribution in [0.3, 0.4) is 0 Å². The molecule has 0 radical (unpaired) electrons. The summed E-state index contributed by atoms with van der Waals surface area (Å²) >= 11 is 0. The zero-order chi connectivity index (χ0) is 21.0. The molecule has 0 aliphatic rings. The zero-order valence-corrected chi connectivity index (χ0v) is 15.5. The van der Waals surface area contributed by atoms with E-state index in [1.807, 2.05) is 6.92 Å². The highest BCUT2D eigenvalue weighted by atomic mass is 19.4. The summed E-state index contributed by atoms with van der Waals surface area (Å²) in [6.07, 6.45) is -3.21. The van der Waals surface area contributed by atoms with Crippen LogP contribution < -0.4 is 15.6 Å². The van der Waals surface area contributed by atoms with Crippen molar-refractivity contribution in [3.05, 3.63) is 64.6 Å². The number of halogens is 3. The molecule has 0 spiro atoms. The monoisotopic (exact) mass is 405 g/mol. The number of ether oxygens (including phenoxy) is 1. The summed E-state index contributed by atoms with van der Waals surface area (Å²) in [5.74, 6) is -0.969. The second-order valence-corrected chi connectivity index (χ2v) is 6.30. The lowest BCUT2D eigenvalue weighted by atomic mass is 10.1. The summed E-state index contributed by atoms with van der Waals surface area (Å²) in [5.41, 5.74) is 0.0490. The minimum atomic E-state index is -4.79. The van der Waals surface area contributed by atoms with Crippen molar-refractivity contribution < 1.29 is 22.7 Å². The van der Waals surface area contributed by atoms with Gasteiger partial charge in [0.2, 0.25) is 0 Å². The number of fused-ring (bicyclic) bond motifs is 1. The van der Waals surface area contributed by atoms with Gasteiger partial charge < -0.3 is 10.1 Å². The van der Waals surface area contributed by atoms with E-state index < -0.39 is 18.0 Å². The number of aromatic nitrogens is 2. The van der Waals surface area contributed by atoms with Crippen molar-refractivity contribution >= 4 is 22.4 Å². The van der Waals surface area contributed by atoms with Gasteiger partial charge in [-0.1, -0.05) is 31.5 Å². The van der Waals surface area contributed by atoms with Crippen LogP contribution in [-0.4, -0.2) is 22.1 Å². The van der Waals surface area contributed by atoms with Gasteiger partial charge >= 0.3 is 6.36 Å². The van der Waals surface area contributed by atoms with Gasteiger partial charge in [0.25, 0.3) is 11.5 Å². The number of alkyl halides is 3. The third kappa shape index (κ3) is 4.92. The molecule has 0 aliphatic carbocycles. The lowest BCUT2D eigenvalue weighted by Gasteiger charge is -2.12. The summed E-state index contributed by atoms with van der Waals surface area (Å²) in [7, 11) is 0. The van der Waals surface area contributed by atoms with Crippen LogP contribution in [-0.2, 0) is 6.54 Å². The van der Waals surface area contributed by atoms with E-state index in [0.29, 0.717) is 17.3 Å². The minimum Gasteiger partial charge on any atom is -0.406 e. The van der Waals surface area contributed by atoms with Crippen LogP contribution >= 0.6 is 0 Å². The summed E-state index contributed by atoms with van der Waals surface area (Å²) in [5, 5.41) is 7.58. The molecular weight excluding hydrogens is 387 g/mol. The quantitative estimate of drug-likeness (QED) is 0.662. The maximum absolute atomic E-state index is 12.8. The van der Waals surface area contributed by atoms with Crippen LogP contribution in [0.15, 0.2) is 53.3 Å². The standard InChI is InChI=1S/C20H18F3N3O3/c1-2-3-12-26-19(28)16-7-5-4-6-15(16)17(25-26)18(27)24-13-8-10-14(11-9-13)29-20(21,22)23/h4-11H,2-3,12H2,1H3,(H,24,27). The van der Waals surface area contributed by atoms with Crippen LogP contribution in [0.25, 0.3) is 10.8 Å². The number of amides is 1. The molecule has 0 fully saturated rings. The Hall–Kier alpha value is -3.36. The fourth-order valence-corrected chi connectivity index (χ4v) is 2.79. The van der Waals surface area contributed by atoms with E-state index in [1.54, 1.807) is 24.3 Å². The second-order valence-electron chi connectivity index (χ2n) is 6.30. The number of aryl methyl sites for hydroxylation is 1. The van der Waals surface area contributed by atoms with Gasteiger partial charge in [0.15, 0.2) is 5.69 Å². The smallest absolute Gasteiger partial charge is 0.406 e. The highest BCUT2D eigenvalue weighted by Crippen LogP contribution is 2.24. The lowest BCUT2D eigenvalue weighted by Crippen LogP contribution is -2.27. The van der Waals surface area contributed by atoms with Crippen molar-refractivity contribution in [3.8, 4) is 5.75 Å². The fourth-order valence-electron chi connectivity index (χ4n) is 2.79. The topological polar surface area (TPSA) is 73.2 Å². The molecule has 9 heteroatoms. The van der Waals surface area contributed by atoms with Crippen LogP contribution in [0.1, 0.15) is 30.3 Å². The van der Waals surface area contributed by atoms with Gasteiger partial charge in [0.05, 0.1) is 5.39 Å². The summed E-state index contributed by atoms with van der Waals surface area (Å²) in [6, 6.07) is 11.4. The molecule has 1 N–H and O–H groups in total. The molecule has 1 aromatic heterocycles. The second kappa shape index (κ2) is 8.34. The third-order valence-electron chi connectivity index (χ3n) is 4.15. The van der Waals surface area contributed by atoms with Crippen LogP contribution in [0, 0.1) is 0 Å². The van der Waals surface area contributed by atoms with Crippen molar-refractivity contribution in [1.82, 2.24) is 9.78 Å². The molecule has 1 amide bonds. The third-order valence-corrected chi connectivity index (χ3v) is 4.15. The first-order valence-corrected chi connectivity index (χ1v) is 8.95. The normalized spacial score (nSPS) is 11.4. The van der Waals surface area contributed by atoms with Crippen LogP contribution in [0.5, 0.6) is 5.75 Å². The van der Waals surface area contributed by atoms with E-state index in [2.05, 4.69) is 15.2 Å². The first kappa shape index (κ1) is 20.4. The SMILES string of the molecule is CCCCn1nc(C(=O)Nc2ccc(OC(F)(F)F)cc2)c2ccccc2c1=O. The van der Waals surface area contributed by atoms with Crippen molar-refractivity contribution in [1.29, 1.82) is 0 Å². The highest BCUT2D eigenvalue weighted by Gasteiger charge is 2.31. The van der Waals surface area contributed by atoms with E-state index >= 15 is 0 Å². The highest BCUT2D eigenvalue weighted by molar-refractivity contribution is 6.11. The van der Waals surface area contributed by atoms with E-state index in [4.69, 9.17) is 0 Å². The molecule has 6 nitrogen and oxygen atoms in total. The fraction of sp³-hybridized carbons (Fsp3) is 0.250. The summed E-state index contributed by atoms with van der Waals surface area (Å²) in [4.78, 5) is 25.4. The number of nitrogens with zero attached hydrogens (tertiary/aromatic N) is 2. The van der Waals surface area contributed by atoms with Crippen LogP contribution in [0.4, 0.5) is 18.9 Å². The molecule has 29 heavy (non-hydrogen) atoms. The lowest BCUT2D eigenvalue weighted by molar-refractivity contribution is -0.274. The van der Waals surface area contributed by atoms with Crippen molar-refractivity contribution in [2.45, 2.75) is 32.7 Å². The first-order valence-electron chi connectivity index (χ1n) is 8.95. The molecule has 0 saturated carbocycles. The number of rotatable bonds is 6. The molecule has 1 heterocycles. The molecule has 0 saturated heterocycles. The van der Waals surface area contributed by atoms with Gasteiger partial charge in [-0.2, -0.15) is 5.10 Å². The number of carbonyl (C=O) groups is 1. The van der Waals surface area contributed by atoms with Crippen molar-refractivity contribution in [2.24, 2.45) is 0 Å². The van der Waals surface area contributed by atoms with E-state index in [0.717, 1.165) is 25.0 Å². The van der Waals surface area contributed by atoms with Gasteiger partial charge in [-0.05, 0) is 36.8 Å². The molecule has 0 bridgehead atoms. The number of hydrogen-bond donors (Lipinski definition) is 1. The number of benzene rings is 2. The number of hydrogen-bond acceptors (Lipinski definition) is 4. The van der Waals surface area contributed by atoms with Crippen LogP contribution in [0.2, 0.25) is 0 Å². The number of nitrogens with one attached hydrogen (secondary N) is 1. The summed E-state index contributed by atoms with van der Waals surface area (Å²) in [6.45, 7) is 2.36. The van der Waals surface area contributed by atoms with E-state index in [-0.39, 0.29) is 16.9 Å². The number of anilines is 1. The van der Waals surface area contributed by atoms with Gasteiger partial charge in [0, 0.05) is 17.6 Å². The Balaban J connectivity index is 1.90. The van der Waals surface area contributed by atoms with E-state index in [1.165, 1.54) is 16.8 Å². The summed E-state index contributed by atoms with van der Waals surface area (Å²) < 4.78 is 41.8. The number of unbranched alkanes of at least 4 members (excludes halogenated alkanes) is 1. The predicted molar refractivity (Wildman–Crippen MR) is 102 cm³/mol. The van der Waals surface area contributed by atoms with Crippen molar-refractivity contribution in [3.63, 3.8) is 0 Å². The molecule has 0 unspecified atom stereocenters. The Labute approximate surface area is 163 Å². The van der Waals surface area contributed by atoms with Gasteiger partial charge in [-0.15, -0.1) is 13.2 Å². The molecule has 0 aliphatic heterocycles. The minimum absolute atomic E-state index is 0.0620. The predicted octanol–water partition coefficient (Wildman–Crippen LogP) is 4.35.